The van der Waals surface area contributed by atoms with Crippen LogP contribution in [0.4, 0.5) is 4.79 Å². The molecule has 6 rings (SSSR count). The summed E-state index contributed by atoms with van der Waals surface area (Å²) in [5.41, 5.74) is 8.53. The van der Waals surface area contributed by atoms with Crippen LogP contribution in [0.25, 0.3) is 16.7 Å². The van der Waals surface area contributed by atoms with Crippen molar-refractivity contribution in [2.75, 3.05) is 6.61 Å². The zero-order valence-electron chi connectivity index (χ0n) is 18.9. The highest BCUT2D eigenvalue weighted by Crippen LogP contribution is 2.45. The van der Waals surface area contributed by atoms with Gasteiger partial charge in [-0.2, -0.15) is 0 Å². The molecule has 1 aromatic heterocycles. The number of aryl methyl sites for hydroxylation is 1. The average molecular weight is 437 g/mol. The molecule has 3 aromatic rings. The van der Waals surface area contributed by atoms with E-state index in [4.69, 9.17) is 4.74 Å². The normalized spacial score (nSPS) is 21.2. The fraction of sp³-hybridized carbons (Fsp3) is 0.310. The zero-order valence-corrected chi connectivity index (χ0v) is 18.9. The van der Waals surface area contributed by atoms with Crippen molar-refractivity contribution >= 4 is 11.7 Å². The molecule has 3 aliphatic rings. The first kappa shape index (κ1) is 20.2. The molecular weight excluding hydrogens is 408 g/mol. The number of benzene rings is 2. The van der Waals surface area contributed by atoms with Gasteiger partial charge in [-0.05, 0) is 72.1 Å². The molecule has 2 aliphatic heterocycles. The zero-order chi connectivity index (χ0) is 22.4. The van der Waals surface area contributed by atoms with E-state index in [2.05, 4.69) is 72.6 Å². The van der Waals surface area contributed by atoms with Crippen molar-refractivity contribution in [2.24, 2.45) is 0 Å². The number of pyridine rings is 1. The van der Waals surface area contributed by atoms with Crippen molar-refractivity contribution < 1.29 is 9.53 Å². The Morgan fingerprint density at radius 2 is 1.73 bits per heavy atom. The van der Waals surface area contributed by atoms with Crippen molar-refractivity contribution in [3.8, 4) is 11.1 Å². The van der Waals surface area contributed by atoms with Crippen LogP contribution >= 0.6 is 0 Å². The first-order valence-electron chi connectivity index (χ1n) is 12.0. The van der Waals surface area contributed by atoms with Crippen LogP contribution in [0.15, 0.2) is 72.9 Å². The molecule has 2 unspecified atom stereocenters. The fourth-order valence-corrected chi connectivity index (χ4v) is 5.98. The Balaban J connectivity index is 1.23. The SMILES string of the molecule is Cc1cccnc1C1=CC2CCCC(C1)N2C(=O)OCC1c2ccccc2-c2ccccc21. The van der Waals surface area contributed by atoms with Crippen molar-refractivity contribution in [1.29, 1.82) is 0 Å². The van der Waals surface area contributed by atoms with Crippen LogP contribution in [0.5, 0.6) is 0 Å². The third-order valence-electron chi connectivity index (χ3n) is 7.50. The molecule has 4 nitrogen and oxygen atoms in total. The van der Waals surface area contributed by atoms with Gasteiger partial charge in [-0.1, -0.05) is 60.7 Å². The van der Waals surface area contributed by atoms with Crippen molar-refractivity contribution in [3.63, 3.8) is 0 Å². The molecule has 3 heterocycles. The minimum Gasteiger partial charge on any atom is -0.448 e. The summed E-state index contributed by atoms with van der Waals surface area (Å²) in [6, 6.07) is 21.3. The molecule has 2 aromatic carbocycles. The Kier molecular flexibility index (Phi) is 5.01. The smallest absolute Gasteiger partial charge is 0.410 e. The third-order valence-corrected chi connectivity index (χ3v) is 7.50. The maximum atomic E-state index is 13.4. The van der Waals surface area contributed by atoms with Crippen molar-refractivity contribution in [3.05, 3.63) is 95.3 Å². The Labute approximate surface area is 194 Å². The summed E-state index contributed by atoms with van der Waals surface area (Å²) in [6.07, 6.45) is 7.93. The van der Waals surface area contributed by atoms with Crippen LogP contribution in [0, 0.1) is 6.92 Å². The van der Waals surface area contributed by atoms with Gasteiger partial charge in [-0.3, -0.25) is 9.88 Å². The van der Waals surface area contributed by atoms with Gasteiger partial charge in [0, 0.05) is 18.2 Å². The van der Waals surface area contributed by atoms with E-state index in [1.165, 1.54) is 33.4 Å². The van der Waals surface area contributed by atoms with Gasteiger partial charge < -0.3 is 4.74 Å². The highest BCUT2D eigenvalue weighted by molar-refractivity contribution is 5.79. The first-order valence-corrected chi connectivity index (χ1v) is 12.0. The van der Waals surface area contributed by atoms with Crippen LogP contribution in [0.3, 0.4) is 0 Å². The highest BCUT2D eigenvalue weighted by atomic mass is 16.6. The number of aromatic nitrogens is 1. The summed E-state index contributed by atoms with van der Waals surface area (Å²) in [5.74, 6) is 0.0910. The molecule has 0 N–H and O–H groups in total. The molecule has 1 saturated heterocycles. The standard InChI is InChI=1S/C29H28N2O2/c1-19-8-7-15-30-28(19)20-16-21-9-6-10-22(17-20)31(21)29(32)33-18-27-25-13-4-2-11-23(25)24-12-3-5-14-26(24)27/h2-5,7-8,11-16,21-22,27H,6,9-10,17-18H2,1H3. The summed E-state index contributed by atoms with van der Waals surface area (Å²) in [6.45, 7) is 2.48. The van der Waals surface area contributed by atoms with Gasteiger partial charge in [0.25, 0.3) is 0 Å². The quantitative estimate of drug-likeness (QED) is 0.480. The minimum absolute atomic E-state index is 0.0876. The summed E-state index contributed by atoms with van der Waals surface area (Å²) in [4.78, 5) is 20.0. The predicted molar refractivity (Wildman–Crippen MR) is 130 cm³/mol. The molecule has 166 valence electrons. The Morgan fingerprint density at radius 3 is 2.42 bits per heavy atom. The van der Waals surface area contributed by atoms with Crippen LogP contribution in [-0.2, 0) is 4.74 Å². The van der Waals surface area contributed by atoms with E-state index in [1.54, 1.807) is 0 Å². The largest absolute Gasteiger partial charge is 0.448 e. The molecule has 33 heavy (non-hydrogen) atoms. The number of ether oxygens (including phenoxy) is 1. The molecule has 1 amide bonds. The molecule has 2 atom stereocenters. The topological polar surface area (TPSA) is 42.4 Å². The number of nitrogens with zero attached hydrogens (tertiary/aromatic N) is 2. The lowest BCUT2D eigenvalue weighted by Gasteiger charge is -2.44. The lowest BCUT2D eigenvalue weighted by atomic mass is 9.83. The first-order chi connectivity index (χ1) is 16.2. The molecule has 0 saturated carbocycles. The fourth-order valence-electron chi connectivity index (χ4n) is 5.98. The number of piperidine rings is 1. The van der Waals surface area contributed by atoms with Crippen molar-refractivity contribution in [2.45, 2.75) is 50.6 Å². The highest BCUT2D eigenvalue weighted by Gasteiger charge is 2.39. The monoisotopic (exact) mass is 436 g/mol. The molecule has 1 fully saturated rings. The van der Waals surface area contributed by atoms with Gasteiger partial charge in [-0.25, -0.2) is 4.79 Å². The lowest BCUT2D eigenvalue weighted by molar-refractivity contribution is 0.0538. The van der Waals surface area contributed by atoms with E-state index in [9.17, 15) is 4.79 Å². The van der Waals surface area contributed by atoms with Gasteiger partial charge >= 0.3 is 6.09 Å². The Hall–Kier alpha value is -3.40. The average Bonchev–Trinajstić information content (AvgIpc) is 3.16. The molecule has 4 heteroatoms. The van der Waals surface area contributed by atoms with Gasteiger partial charge in [0.2, 0.25) is 0 Å². The lowest BCUT2D eigenvalue weighted by Crippen LogP contribution is -2.52. The van der Waals surface area contributed by atoms with Gasteiger partial charge in [0.05, 0.1) is 11.7 Å². The van der Waals surface area contributed by atoms with E-state index < -0.39 is 0 Å². The number of carbonyl (C=O) groups is 1. The summed E-state index contributed by atoms with van der Waals surface area (Å²) in [5, 5.41) is 0. The number of hydrogen-bond acceptors (Lipinski definition) is 3. The van der Waals surface area contributed by atoms with Crippen LogP contribution in [0.2, 0.25) is 0 Å². The van der Waals surface area contributed by atoms with Gasteiger partial charge in [0.15, 0.2) is 0 Å². The summed E-state index contributed by atoms with van der Waals surface area (Å²) >= 11 is 0. The Morgan fingerprint density at radius 1 is 1.00 bits per heavy atom. The molecule has 0 radical (unpaired) electrons. The molecule has 2 bridgehead atoms. The second-order valence-electron chi connectivity index (χ2n) is 9.43. The number of amides is 1. The van der Waals surface area contributed by atoms with Crippen LogP contribution < -0.4 is 0 Å². The van der Waals surface area contributed by atoms with E-state index in [1.807, 2.05) is 17.2 Å². The minimum atomic E-state index is -0.181. The van der Waals surface area contributed by atoms with E-state index in [-0.39, 0.29) is 24.1 Å². The predicted octanol–water partition coefficient (Wildman–Crippen LogP) is 6.35. The van der Waals surface area contributed by atoms with Gasteiger partial charge in [-0.15, -0.1) is 0 Å². The number of hydrogen-bond donors (Lipinski definition) is 0. The second kappa shape index (κ2) is 8.18. The maximum absolute atomic E-state index is 13.4. The Bertz CT molecular complexity index is 1200. The maximum Gasteiger partial charge on any atom is 0.410 e. The number of carbonyl (C=O) groups excluding carboxylic acids is 1. The molecular formula is C29H28N2O2. The number of fused-ring (bicyclic) bond motifs is 5. The van der Waals surface area contributed by atoms with Gasteiger partial charge in [0.1, 0.15) is 6.61 Å². The molecule has 1 aliphatic carbocycles. The van der Waals surface area contributed by atoms with E-state index in [0.717, 1.165) is 31.4 Å². The second-order valence-corrected chi connectivity index (χ2v) is 9.43. The number of rotatable bonds is 3. The van der Waals surface area contributed by atoms with E-state index in [0.29, 0.717) is 6.61 Å². The molecule has 0 spiro atoms. The van der Waals surface area contributed by atoms with E-state index >= 15 is 0 Å². The van der Waals surface area contributed by atoms with Crippen LogP contribution in [0.1, 0.15) is 54.0 Å². The summed E-state index contributed by atoms with van der Waals surface area (Å²) in [7, 11) is 0. The van der Waals surface area contributed by atoms with Crippen molar-refractivity contribution in [1.82, 2.24) is 9.88 Å². The van der Waals surface area contributed by atoms with Crippen LogP contribution in [-0.4, -0.2) is 34.7 Å². The third kappa shape index (κ3) is 3.45. The summed E-state index contributed by atoms with van der Waals surface area (Å²) < 4.78 is 6.02.